The third kappa shape index (κ3) is 3.90. The van der Waals surface area contributed by atoms with Gasteiger partial charge >= 0.3 is 6.09 Å². The van der Waals surface area contributed by atoms with Gasteiger partial charge in [-0.15, -0.1) is 0 Å². The zero-order valence-corrected chi connectivity index (χ0v) is 16.8. The second-order valence-corrected chi connectivity index (χ2v) is 8.73. The lowest BCUT2D eigenvalue weighted by Crippen LogP contribution is -2.33. The van der Waals surface area contributed by atoms with E-state index in [1.165, 1.54) is 35.8 Å². The van der Waals surface area contributed by atoms with Gasteiger partial charge in [0.25, 0.3) is 0 Å². The maximum absolute atomic E-state index is 12.0. The molecule has 0 aliphatic carbocycles. The van der Waals surface area contributed by atoms with E-state index in [4.69, 9.17) is 10.5 Å². The molecule has 0 radical (unpaired) electrons. The van der Waals surface area contributed by atoms with Gasteiger partial charge in [0.05, 0.1) is 17.2 Å². The molecule has 0 saturated carbocycles. The number of rotatable bonds is 6. The van der Waals surface area contributed by atoms with Crippen molar-refractivity contribution in [1.29, 1.82) is 0 Å². The summed E-state index contributed by atoms with van der Waals surface area (Å²) in [5.41, 5.74) is 5.64. The average molecular weight is 426 g/mol. The minimum Gasteiger partial charge on any atom is -0.440 e. The molecule has 1 aromatic heterocycles. The summed E-state index contributed by atoms with van der Waals surface area (Å²) >= 11 is 0. The van der Waals surface area contributed by atoms with Gasteiger partial charge in [-0.05, 0) is 17.7 Å². The summed E-state index contributed by atoms with van der Waals surface area (Å²) in [4.78, 5) is 34.8. The van der Waals surface area contributed by atoms with Crippen LogP contribution in [0.1, 0.15) is 18.6 Å². The molecule has 154 valence electrons. The van der Waals surface area contributed by atoms with Crippen molar-refractivity contribution in [2.45, 2.75) is 24.5 Å². The monoisotopic (exact) mass is 426 g/mol. The number of carbonyl (C=O) groups excluding carboxylic acids is 3. The van der Waals surface area contributed by atoms with Crippen LogP contribution in [-0.2, 0) is 30.7 Å². The quantitative estimate of drug-likeness (QED) is 0.603. The molecule has 1 unspecified atom stereocenters. The Morgan fingerprint density at radius 3 is 2.00 bits per heavy atom. The summed E-state index contributed by atoms with van der Waals surface area (Å²) in [7, 11) is -3.40. The van der Waals surface area contributed by atoms with Crippen molar-refractivity contribution in [1.82, 2.24) is 4.57 Å². The van der Waals surface area contributed by atoms with Gasteiger partial charge in [-0.25, -0.2) is 22.8 Å². The maximum Gasteiger partial charge on any atom is 0.405 e. The average Bonchev–Trinajstić information content (AvgIpc) is 3.05. The molecule has 0 spiro atoms. The fraction of sp³-hybridized carbons (Fsp3) is 0.190. The van der Waals surface area contributed by atoms with Crippen molar-refractivity contribution >= 4 is 38.6 Å². The summed E-state index contributed by atoms with van der Waals surface area (Å²) in [6.45, 7) is 1.42. The molecule has 1 amide bonds. The number of ether oxygens (including phenoxy) is 1. The number of nitrogens with two attached hydrogens (primary N) is 1. The third-order valence-electron chi connectivity index (χ3n) is 4.77. The van der Waals surface area contributed by atoms with Crippen molar-refractivity contribution in [2.24, 2.45) is 5.73 Å². The standard InChI is InChI=1S/C21H18N2O6S/c1-2-30(27,28)15-9-7-14(8-10-15)20(29-21(22)26)11-23-18(12-24)16-5-3-4-6-17(16)19(23)13-25/h3-10,20H,2,11H2,1H3,(H2,22,26). The van der Waals surface area contributed by atoms with Gasteiger partial charge in [0.2, 0.25) is 0 Å². The summed E-state index contributed by atoms with van der Waals surface area (Å²) in [5.74, 6) is 3.59. The Bertz CT molecular complexity index is 1320. The van der Waals surface area contributed by atoms with Crippen molar-refractivity contribution in [3.05, 3.63) is 64.8 Å². The Balaban J connectivity index is 2.13. The summed E-state index contributed by atoms with van der Waals surface area (Å²) < 4.78 is 30.6. The molecule has 0 aliphatic rings. The highest BCUT2D eigenvalue weighted by Gasteiger charge is 2.20. The molecule has 1 atom stereocenters. The molecule has 8 nitrogen and oxygen atoms in total. The minimum absolute atomic E-state index is 0.0550. The molecule has 0 saturated heterocycles. The van der Waals surface area contributed by atoms with Crippen LogP contribution in [0, 0.1) is 0 Å². The van der Waals surface area contributed by atoms with Crippen LogP contribution in [0.2, 0.25) is 0 Å². The first kappa shape index (κ1) is 21.1. The van der Waals surface area contributed by atoms with Gasteiger partial charge in [-0.1, -0.05) is 43.3 Å². The van der Waals surface area contributed by atoms with Crippen molar-refractivity contribution in [3.63, 3.8) is 0 Å². The molecule has 30 heavy (non-hydrogen) atoms. The Kier molecular flexibility index (Phi) is 5.89. The normalized spacial score (nSPS) is 12.2. The molecule has 0 bridgehead atoms. The van der Waals surface area contributed by atoms with E-state index in [1.807, 2.05) is 11.9 Å². The zero-order chi connectivity index (χ0) is 21.9. The van der Waals surface area contributed by atoms with Crippen molar-refractivity contribution in [3.8, 4) is 0 Å². The van der Waals surface area contributed by atoms with Crippen LogP contribution in [0.5, 0.6) is 0 Å². The molecule has 3 rings (SSSR count). The van der Waals surface area contributed by atoms with Crippen LogP contribution in [0.4, 0.5) is 4.79 Å². The second-order valence-electron chi connectivity index (χ2n) is 6.46. The molecule has 2 aromatic carbocycles. The molecular formula is C21H18N2O6S. The first-order valence-electron chi connectivity index (χ1n) is 8.98. The fourth-order valence-corrected chi connectivity index (χ4v) is 4.16. The molecule has 3 aromatic rings. The van der Waals surface area contributed by atoms with Crippen LogP contribution >= 0.6 is 0 Å². The van der Waals surface area contributed by atoms with Crippen LogP contribution < -0.4 is 16.4 Å². The molecule has 1 heterocycles. The lowest BCUT2D eigenvalue weighted by Gasteiger charge is -2.18. The first-order chi connectivity index (χ1) is 14.3. The number of amides is 1. The number of aromatic nitrogens is 1. The fourth-order valence-electron chi connectivity index (χ4n) is 3.27. The Labute approximate surface area is 171 Å². The van der Waals surface area contributed by atoms with E-state index >= 15 is 0 Å². The number of hydrogen-bond acceptors (Lipinski definition) is 6. The van der Waals surface area contributed by atoms with E-state index in [9.17, 15) is 22.8 Å². The van der Waals surface area contributed by atoms with Crippen LogP contribution in [0.25, 0.3) is 10.8 Å². The smallest absolute Gasteiger partial charge is 0.405 e. The number of hydrogen-bond donors (Lipinski definition) is 1. The number of benzene rings is 2. The van der Waals surface area contributed by atoms with Crippen LogP contribution in [0.15, 0.2) is 53.4 Å². The summed E-state index contributed by atoms with van der Waals surface area (Å²) in [6.07, 6.45) is -2.04. The molecule has 9 heteroatoms. The van der Waals surface area contributed by atoms with Gasteiger partial charge in [0.15, 0.2) is 21.7 Å². The van der Waals surface area contributed by atoms with E-state index in [0.29, 0.717) is 16.3 Å². The highest BCUT2D eigenvalue weighted by Crippen LogP contribution is 2.22. The topological polar surface area (TPSA) is 126 Å². The van der Waals surface area contributed by atoms with E-state index in [-0.39, 0.29) is 27.9 Å². The van der Waals surface area contributed by atoms with E-state index in [1.54, 1.807) is 24.3 Å². The number of sulfone groups is 1. The predicted octanol–water partition coefficient (Wildman–Crippen LogP) is 0.278. The highest BCUT2D eigenvalue weighted by molar-refractivity contribution is 7.91. The lowest BCUT2D eigenvalue weighted by molar-refractivity contribution is 0.0949. The number of primary amides is 1. The van der Waals surface area contributed by atoms with Crippen molar-refractivity contribution < 1.29 is 27.5 Å². The maximum atomic E-state index is 12.0. The largest absolute Gasteiger partial charge is 0.440 e. The van der Waals surface area contributed by atoms with Gasteiger partial charge in [-0.2, -0.15) is 0 Å². The number of fused-ring (bicyclic) bond motifs is 1. The Hall–Kier alpha value is -3.64. The van der Waals surface area contributed by atoms with Crippen LogP contribution in [0.3, 0.4) is 0 Å². The number of nitrogens with zero attached hydrogens (tertiary/aromatic N) is 1. The van der Waals surface area contributed by atoms with Gasteiger partial charge in [-0.3, -0.25) is 0 Å². The summed E-state index contributed by atoms with van der Waals surface area (Å²) in [5, 5.41) is 1.22. The molecule has 0 fully saturated rings. The SMILES string of the molecule is CCS(=O)(=O)c1ccc(C(Cn2c(=C=O)c3ccccc3c2=C=O)OC(N)=O)cc1. The second kappa shape index (κ2) is 8.39. The Morgan fingerprint density at radius 2 is 1.57 bits per heavy atom. The number of carbonyl (C=O) groups is 1. The minimum atomic E-state index is -3.40. The highest BCUT2D eigenvalue weighted by atomic mass is 32.2. The third-order valence-corrected chi connectivity index (χ3v) is 6.52. The lowest BCUT2D eigenvalue weighted by atomic mass is 10.1. The van der Waals surface area contributed by atoms with E-state index in [2.05, 4.69) is 0 Å². The van der Waals surface area contributed by atoms with Gasteiger partial charge in [0.1, 0.15) is 16.8 Å². The predicted molar refractivity (Wildman–Crippen MR) is 108 cm³/mol. The van der Waals surface area contributed by atoms with Gasteiger partial charge in [0, 0.05) is 10.8 Å². The molecule has 2 N–H and O–H groups in total. The van der Waals surface area contributed by atoms with Crippen molar-refractivity contribution in [2.75, 3.05) is 5.75 Å². The Morgan fingerprint density at radius 1 is 1.03 bits per heavy atom. The van der Waals surface area contributed by atoms with Crippen LogP contribution in [-0.4, -0.2) is 36.7 Å². The molecular weight excluding hydrogens is 408 g/mol. The van der Waals surface area contributed by atoms with E-state index < -0.39 is 22.0 Å². The van der Waals surface area contributed by atoms with E-state index in [0.717, 1.165) is 0 Å². The summed E-state index contributed by atoms with van der Waals surface area (Å²) in [6, 6.07) is 12.6. The first-order valence-corrected chi connectivity index (χ1v) is 10.6. The zero-order valence-electron chi connectivity index (χ0n) is 16.0. The molecule has 0 aliphatic heterocycles. The van der Waals surface area contributed by atoms with Gasteiger partial charge < -0.3 is 15.0 Å².